The third-order valence-electron chi connectivity index (χ3n) is 3.05. The minimum atomic E-state index is -5.26. The molecule has 0 spiro atoms. The highest BCUT2D eigenvalue weighted by atomic mass is 32.2. The minimum Gasteiger partial charge on any atom is -0.425 e. The van der Waals surface area contributed by atoms with Gasteiger partial charge in [0.2, 0.25) is 11.3 Å². The number of hydrogen-bond acceptors (Lipinski definition) is 6. The van der Waals surface area contributed by atoms with Crippen LogP contribution in [0.4, 0.5) is 37.0 Å². The first-order valence-corrected chi connectivity index (χ1v) is 8.58. The molecule has 1 aromatic rings. The summed E-state index contributed by atoms with van der Waals surface area (Å²) in [5.74, 6) is -4.31. The standard InChI is InChI=1S/C14H14F6N4O3S/c1-12(2,3)23-11(26)27-9-8(25)24(5-28-9)7-4-6(13(15,16)17)21-10(22-7)14(18,19)20/h4,9H,5H2,1-3H3,(H,23,26). The molecule has 2 amide bonds. The Morgan fingerprint density at radius 1 is 1.18 bits per heavy atom. The fourth-order valence-corrected chi connectivity index (χ4v) is 2.91. The zero-order chi connectivity index (χ0) is 21.5. The molecule has 0 aliphatic carbocycles. The van der Waals surface area contributed by atoms with Gasteiger partial charge in [0, 0.05) is 11.6 Å². The fraction of sp³-hybridized carbons (Fsp3) is 0.571. The van der Waals surface area contributed by atoms with Crippen molar-refractivity contribution in [1.29, 1.82) is 0 Å². The average Bonchev–Trinajstić information content (AvgIpc) is 2.84. The third-order valence-corrected chi connectivity index (χ3v) is 4.05. The fourth-order valence-electron chi connectivity index (χ4n) is 1.95. The van der Waals surface area contributed by atoms with Gasteiger partial charge in [-0.05, 0) is 20.8 Å². The molecule has 1 aliphatic rings. The van der Waals surface area contributed by atoms with E-state index in [1.54, 1.807) is 20.8 Å². The van der Waals surface area contributed by atoms with Crippen LogP contribution in [0, 0.1) is 0 Å². The second-order valence-electron chi connectivity index (χ2n) is 6.60. The Bertz CT molecular complexity index is 746. The van der Waals surface area contributed by atoms with Crippen LogP contribution in [-0.2, 0) is 21.9 Å². The molecular weight excluding hydrogens is 418 g/mol. The summed E-state index contributed by atoms with van der Waals surface area (Å²) in [5.41, 5.74) is -3.97. The Balaban J connectivity index is 2.28. The van der Waals surface area contributed by atoms with E-state index in [9.17, 15) is 35.9 Å². The number of rotatable bonds is 2. The second-order valence-corrected chi connectivity index (χ2v) is 7.62. The van der Waals surface area contributed by atoms with Crippen molar-refractivity contribution in [2.75, 3.05) is 10.8 Å². The molecule has 156 valence electrons. The van der Waals surface area contributed by atoms with Crippen molar-refractivity contribution >= 4 is 29.6 Å². The number of hydrogen-bond donors (Lipinski definition) is 1. The summed E-state index contributed by atoms with van der Waals surface area (Å²) in [6.45, 7) is 4.92. The average molecular weight is 432 g/mol. The van der Waals surface area contributed by atoms with Crippen LogP contribution in [0.15, 0.2) is 6.07 Å². The molecule has 1 N–H and O–H groups in total. The number of alkyl halides is 6. The molecule has 1 fully saturated rings. The number of anilines is 1. The van der Waals surface area contributed by atoms with E-state index in [-0.39, 0.29) is 11.9 Å². The monoisotopic (exact) mass is 432 g/mol. The quantitative estimate of drug-likeness (QED) is 0.722. The Kier molecular flexibility index (Phi) is 5.74. The Morgan fingerprint density at radius 3 is 2.29 bits per heavy atom. The topological polar surface area (TPSA) is 84.4 Å². The molecule has 0 saturated carbocycles. The lowest BCUT2D eigenvalue weighted by molar-refractivity contribution is -0.152. The van der Waals surface area contributed by atoms with Gasteiger partial charge in [0.25, 0.3) is 5.91 Å². The predicted octanol–water partition coefficient (Wildman–Crippen LogP) is 3.40. The first-order chi connectivity index (χ1) is 12.6. The number of amides is 2. The van der Waals surface area contributed by atoms with Crippen LogP contribution in [0.3, 0.4) is 0 Å². The van der Waals surface area contributed by atoms with E-state index in [0.29, 0.717) is 16.7 Å². The van der Waals surface area contributed by atoms with Crippen LogP contribution in [0.5, 0.6) is 0 Å². The maximum absolute atomic E-state index is 12.9. The van der Waals surface area contributed by atoms with Crippen LogP contribution in [0.1, 0.15) is 32.3 Å². The van der Waals surface area contributed by atoms with E-state index in [1.807, 2.05) is 0 Å². The zero-order valence-electron chi connectivity index (χ0n) is 14.6. The number of halogens is 6. The van der Waals surface area contributed by atoms with Gasteiger partial charge in [-0.15, -0.1) is 0 Å². The summed E-state index contributed by atoms with van der Waals surface area (Å²) in [5, 5.41) is 2.41. The van der Waals surface area contributed by atoms with E-state index in [0.717, 1.165) is 0 Å². The summed E-state index contributed by atoms with van der Waals surface area (Å²) >= 11 is 0.705. The second kappa shape index (κ2) is 7.29. The number of nitrogens with one attached hydrogen (secondary N) is 1. The third kappa shape index (κ3) is 5.39. The maximum Gasteiger partial charge on any atom is 0.451 e. The number of aromatic nitrogens is 2. The van der Waals surface area contributed by atoms with Crippen molar-refractivity contribution in [3.8, 4) is 0 Å². The molecule has 1 unspecified atom stereocenters. The number of carbonyl (C=O) groups excluding carboxylic acids is 2. The molecule has 14 heteroatoms. The van der Waals surface area contributed by atoms with Crippen molar-refractivity contribution in [1.82, 2.24) is 15.3 Å². The Hall–Kier alpha value is -2.25. The Morgan fingerprint density at radius 2 is 1.79 bits per heavy atom. The molecule has 1 saturated heterocycles. The molecule has 0 bridgehead atoms. The number of ether oxygens (including phenoxy) is 1. The number of nitrogens with zero attached hydrogens (tertiary/aromatic N) is 3. The highest BCUT2D eigenvalue weighted by molar-refractivity contribution is 8.01. The van der Waals surface area contributed by atoms with Crippen LogP contribution < -0.4 is 10.2 Å². The van der Waals surface area contributed by atoms with Crippen molar-refractivity contribution < 1.29 is 40.7 Å². The number of thioether (sulfide) groups is 1. The van der Waals surface area contributed by atoms with Crippen LogP contribution >= 0.6 is 11.8 Å². The van der Waals surface area contributed by atoms with Gasteiger partial charge >= 0.3 is 18.4 Å². The van der Waals surface area contributed by atoms with Crippen LogP contribution in [-0.4, -0.2) is 38.8 Å². The molecule has 2 heterocycles. The smallest absolute Gasteiger partial charge is 0.425 e. The van der Waals surface area contributed by atoms with Gasteiger partial charge in [-0.2, -0.15) is 26.3 Å². The van der Waals surface area contributed by atoms with E-state index >= 15 is 0 Å². The molecule has 1 aromatic heterocycles. The zero-order valence-corrected chi connectivity index (χ0v) is 15.4. The van der Waals surface area contributed by atoms with E-state index < -0.39 is 52.7 Å². The number of carbonyl (C=O) groups is 2. The first kappa shape index (κ1) is 22.0. The van der Waals surface area contributed by atoms with E-state index in [1.165, 1.54) is 0 Å². The largest absolute Gasteiger partial charge is 0.451 e. The molecule has 7 nitrogen and oxygen atoms in total. The minimum absolute atomic E-state index is 0.227. The number of alkyl carbamates (subject to hydrolysis) is 1. The van der Waals surface area contributed by atoms with Gasteiger partial charge < -0.3 is 10.1 Å². The van der Waals surface area contributed by atoms with Gasteiger partial charge in [0.15, 0.2) is 5.69 Å². The molecule has 1 atom stereocenters. The summed E-state index contributed by atoms with van der Waals surface area (Å²) in [6.07, 6.45) is -11.4. The lowest BCUT2D eigenvalue weighted by atomic mass is 10.1. The maximum atomic E-state index is 12.9. The lowest BCUT2D eigenvalue weighted by Gasteiger charge is -2.21. The summed E-state index contributed by atoms with van der Waals surface area (Å²) < 4.78 is 82.1. The van der Waals surface area contributed by atoms with Gasteiger partial charge in [0.1, 0.15) is 5.82 Å². The van der Waals surface area contributed by atoms with Gasteiger partial charge in [0.05, 0.1) is 5.88 Å². The summed E-state index contributed by atoms with van der Waals surface area (Å²) in [6, 6.07) is 0.227. The van der Waals surface area contributed by atoms with Gasteiger partial charge in [-0.25, -0.2) is 14.8 Å². The van der Waals surface area contributed by atoms with Crippen molar-refractivity contribution in [3.63, 3.8) is 0 Å². The summed E-state index contributed by atoms with van der Waals surface area (Å²) in [4.78, 5) is 30.1. The normalized spacial score (nSPS) is 18.4. The van der Waals surface area contributed by atoms with Crippen LogP contribution in [0.2, 0.25) is 0 Å². The molecule has 0 radical (unpaired) electrons. The highest BCUT2D eigenvalue weighted by Crippen LogP contribution is 2.36. The van der Waals surface area contributed by atoms with Crippen molar-refractivity contribution in [3.05, 3.63) is 17.6 Å². The van der Waals surface area contributed by atoms with E-state index in [4.69, 9.17) is 4.74 Å². The first-order valence-electron chi connectivity index (χ1n) is 7.53. The van der Waals surface area contributed by atoms with Gasteiger partial charge in [-0.1, -0.05) is 11.8 Å². The van der Waals surface area contributed by atoms with Crippen molar-refractivity contribution in [2.24, 2.45) is 0 Å². The Labute approximate surface area is 158 Å². The predicted molar refractivity (Wildman–Crippen MR) is 85.1 cm³/mol. The SMILES string of the molecule is CC(C)(C)NC(=O)OC1SCN(c2cc(C(F)(F)F)nc(C(F)(F)F)n2)C1=O. The molecule has 28 heavy (non-hydrogen) atoms. The van der Waals surface area contributed by atoms with Gasteiger partial charge in [-0.3, -0.25) is 9.69 Å². The molecule has 2 rings (SSSR count). The van der Waals surface area contributed by atoms with E-state index in [2.05, 4.69) is 15.3 Å². The lowest BCUT2D eigenvalue weighted by Crippen LogP contribution is -2.43. The molecule has 0 aromatic carbocycles. The summed E-state index contributed by atoms with van der Waals surface area (Å²) in [7, 11) is 0. The highest BCUT2D eigenvalue weighted by Gasteiger charge is 2.43. The molecule has 1 aliphatic heterocycles. The van der Waals surface area contributed by atoms with Crippen LogP contribution in [0.25, 0.3) is 0 Å². The van der Waals surface area contributed by atoms with Crippen molar-refractivity contribution in [2.45, 2.75) is 44.1 Å². The molecular formula is C14H14F6N4O3S.